The van der Waals surface area contributed by atoms with Gasteiger partial charge in [0.15, 0.2) is 0 Å². The first kappa shape index (κ1) is 17.8. The lowest BCUT2D eigenvalue weighted by Gasteiger charge is -2.35. The van der Waals surface area contributed by atoms with Crippen LogP contribution in [0.4, 0.5) is 4.79 Å². The van der Waals surface area contributed by atoms with Crippen molar-refractivity contribution in [2.24, 2.45) is 17.3 Å². The standard InChI is InChI=1S/C16H30N2O3/c1-12(10-14(19)20)13-6-5-9-18(11-13)15(21)17-8-7-16(2,3)4/h12-13H,5-11H2,1-4H3,(H,17,21)(H,19,20). The Hall–Kier alpha value is -1.26. The average molecular weight is 298 g/mol. The van der Waals surface area contributed by atoms with Gasteiger partial charge in [-0.25, -0.2) is 4.79 Å². The van der Waals surface area contributed by atoms with E-state index >= 15 is 0 Å². The van der Waals surface area contributed by atoms with Gasteiger partial charge in [-0.2, -0.15) is 0 Å². The number of hydrogen-bond donors (Lipinski definition) is 2. The van der Waals surface area contributed by atoms with E-state index in [2.05, 4.69) is 26.1 Å². The first-order valence-electron chi connectivity index (χ1n) is 7.93. The van der Waals surface area contributed by atoms with Crippen LogP contribution in [-0.4, -0.2) is 41.6 Å². The zero-order chi connectivity index (χ0) is 16.0. The molecule has 0 radical (unpaired) electrons. The second-order valence-corrected chi connectivity index (χ2v) is 7.47. The first-order chi connectivity index (χ1) is 9.69. The Morgan fingerprint density at radius 3 is 2.62 bits per heavy atom. The Bertz CT molecular complexity index is 363. The molecule has 1 aliphatic heterocycles. The molecule has 0 aromatic rings. The predicted molar refractivity (Wildman–Crippen MR) is 83.2 cm³/mol. The molecule has 1 heterocycles. The normalized spacial score (nSPS) is 21.0. The average Bonchev–Trinajstić information content (AvgIpc) is 2.36. The summed E-state index contributed by atoms with van der Waals surface area (Å²) in [6.07, 6.45) is 3.11. The third kappa shape index (κ3) is 6.82. The number of urea groups is 1. The summed E-state index contributed by atoms with van der Waals surface area (Å²) in [5, 5.41) is 11.9. The Morgan fingerprint density at radius 2 is 2.05 bits per heavy atom. The van der Waals surface area contributed by atoms with Crippen molar-refractivity contribution >= 4 is 12.0 Å². The molecule has 5 nitrogen and oxygen atoms in total. The molecule has 2 atom stereocenters. The smallest absolute Gasteiger partial charge is 0.317 e. The fourth-order valence-corrected chi connectivity index (χ4v) is 2.76. The van der Waals surface area contributed by atoms with E-state index in [1.807, 2.05) is 11.8 Å². The molecule has 2 unspecified atom stereocenters. The molecule has 0 spiro atoms. The highest BCUT2D eigenvalue weighted by Crippen LogP contribution is 2.26. The van der Waals surface area contributed by atoms with Crippen molar-refractivity contribution in [1.29, 1.82) is 0 Å². The van der Waals surface area contributed by atoms with Gasteiger partial charge in [-0.05, 0) is 36.5 Å². The van der Waals surface area contributed by atoms with E-state index in [1.165, 1.54) is 0 Å². The number of rotatable bonds is 5. The number of amides is 2. The minimum absolute atomic E-state index is 0.00789. The second-order valence-electron chi connectivity index (χ2n) is 7.47. The number of nitrogens with one attached hydrogen (secondary N) is 1. The summed E-state index contributed by atoms with van der Waals surface area (Å²) < 4.78 is 0. The second kappa shape index (κ2) is 7.66. The largest absolute Gasteiger partial charge is 0.481 e. The lowest BCUT2D eigenvalue weighted by atomic mass is 9.85. The lowest BCUT2D eigenvalue weighted by Crippen LogP contribution is -2.47. The molecule has 5 heteroatoms. The molecule has 2 amide bonds. The van der Waals surface area contributed by atoms with Crippen LogP contribution < -0.4 is 5.32 Å². The van der Waals surface area contributed by atoms with E-state index in [0.29, 0.717) is 19.0 Å². The van der Waals surface area contributed by atoms with E-state index in [4.69, 9.17) is 5.11 Å². The van der Waals surface area contributed by atoms with Crippen LogP contribution in [0, 0.1) is 17.3 Å². The van der Waals surface area contributed by atoms with Crippen molar-refractivity contribution in [1.82, 2.24) is 10.2 Å². The topological polar surface area (TPSA) is 69.6 Å². The van der Waals surface area contributed by atoms with Gasteiger partial charge in [0.25, 0.3) is 0 Å². The number of likely N-dealkylation sites (tertiary alicyclic amines) is 1. The number of carbonyl (C=O) groups is 2. The summed E-state index contributed by atoms with van der Waals surface area (Å²) >= 11 is 0. The summed E-state index contributed by atoms with van der Waals surface area (Å²) in [6.45, 7) is 10.6. The Balaban J connectivity index is 2.41. The van der Waals surface area contributed by atoms with Crippen molar-refractivity contribution in [2.45, 2.75) is 53.4 Å². The molecule has 1 rings (SSSR count). The molecular weight excluding hydrogens is 268 g/mol. The number of piperidine rings is 1. The van der Waals surface area contributed by atoms with Gasteiger partial charge >= 0.3 is 12.0 Å². The van der Waals surface area contributed by atoms with Crippen LogP contribution in [0.3, 0.4) is 0 Å². The summed E-state index contributed by atoms with van der Waals surface area (Å²) in [7, 11) is 0. The van der Waals surface area contributed by atoms with Crippen molar-refractivity contribution in [2.75, 3.05) is 19.6 Å². The number of carboxylic acids is 1. The van der Waals surface area contributed by atoms with Gasteiger partial charge in [0.05, 0.1) is 0 Å². The van der Waals surface area contributed by atoms with Crippen molar-refractivity contribution < 1.29 is 14.7 Å². The Labute approximate surface area is 128 Å². The fourth-order valence-electron chi connectivity index (χ4n) is 2.76. The van der Waals surface area contributed by atoms with E-state index < -0.39 is 5.97 Å². The minimum Gasteiger partial charge on any atom is -0.481 e. The number of carboxylic acid groups (broad SMARTS) is 1. The molecule has 0 saturated carbocycles. The van der Waals surface area contributed by atoms with Crippen LogP contribution in [0.5, 0.6) is 0 Å². The highest BCUT2D eigenvalue weighted by Gasteiger charge is 2.28. The SMILES string of the molecule is CC(CC(=O)O)C1CCCN(C(=O)NCCC(C)(C)C)C1. The van der Waals surface area contributed by atoms with Gasteiger partial charge < -0.3 is 15.3 Å². The molecule has 0 bridgehead atoms. The summed E-state index contributed by atoms with van der Waals surface area (Å²) in [6, 6.07) is -0.00789. The van der Waals surface area contributed by atoms with Gasteiger partial charge in [-0.15, -0.1) is 0 Å². The van der Waals surface area contributed by atoms with E-state index in [1.54, 1.807) is 0 Å². The summed E-state index contributed by atoms with van der Waals surface area (Å²) in [5.74, 6) is -0.342. The molecule has 1 saturated heterocycles. The van der Waals surface area contributed by atoms with Gasteiger partial charge in [0.2, 0.25) is 0 Å². The van der Waals surface area contributed by atoms with Crippen LogP contribution in [0.1, 0.15) is 53.4 Å². The quantitative estimate of drug-likeness (QED) is 0.820. The molecule has 2 N–H and O–H groups in total. The van der Waals surface area contributed by atoms with Crippen LogP contribution in [0.25, 0.3) is 0 Å². The van der Waals surface area contributed by atoms with Gasteiger partial charge in [0.1, 0.15) is 0 Å². The van der Waals surface area contributed by atoms with Crippen molar-refractivity contribution in [3.8, 4) is 0 Å². The molecule has 21 heavy (non-hydrogen) atoms. The summed E-state index contributed by atoms with van der Waals surface area (Å²) in [4.78, 5) is 24.8. The fraction of sp³-hybridized carbons (Fsp3) is 0.875. The zero-order valence-electron chi connectivity index (χ0n) is 13.8. The number of hydrogen-bond acceptors (Lipinski definition) is 2. The number of nitrogens with zero attached hydrogens (tertiary/aromatic N) is 1. The van der Waals surface area contributed by atoms with E-state index in [0.717, 1.165) is 25.8 Å². The van der Waals surface area contributed by atoms with E-state index in [-0.39, 0.29) is 23.8 Å². The van der Waals surface area contributed by atoms with Crippen molar-refractivity contribution in [3.05, 3.63) is 0 Å². The minimum atomic E-state index is -0.755. The van der Waals surface area contributed by atoms with Crippen LogP contribution in [-0.2, 0) is 4.79 Å². The monoisotopic (exact) mass is 298 g/mol. The van der Waals surface area contributed by atoms with Gasteiger partial charge in [-0.1, -0.05) is 27.7 Å². The lowest BCUT2D eigenvalue weighted by molar-refractivity contribution is -0.138. The third-order valence-electron chi connectivity index (χ3n) is 4.20. The highest BCUT2D eigenvalue weighted by molar-refractivity contribution is 5.74. The molecule has 0 aliphatic carbocycles. The van der Waals surface area contributed by atoms with Crippen molar-refractivity contribution in [3.63, 3.8) is 0 Å². The van der Waals surface area contributed by atoms with Crippen LogP contribution in [0.15, 0.2) is 0 Å². The predicted octanol–water partition coefficient (Wildman–Crippen LogP) is 2.96. The molecule has 0 aromatic heterocycles. The number of carbonyl (C=O) groups excluding carboxylic acids is 1. The zero-order valence-corrected chi connectivity index (χ0v) is 13.8. The first-order valence-corrected chi connectivity index (χ1v) is 7.93. The number of aliphatic carboxylic acids is 1. The van der Waals surface area contributed by atoms with Gasteiger partial charge in [-0.3, -0.25) is 4.79 Å². The maximum atomic E-state index is 12.2. The van der Waals surface area contributed by atoms with Crippen LogP contribution in [0.2, 0.25) is 0 Å². The van der Waals surface area contributed by atoms with Gasteiger partial charge in [0, 0.05) is 26.1 Å². The molecule has 0 aromatic carbocycles. The molecule has 122 valence electrons. The molecule has 1 aliphatic rings. The highest BCUT2D eigenvalue weighted by atomic mass is 16.4. The third-order valence-corrected chi connectivity index (χ3v) is 4.20. The summed E-state index contributed by atoms with van der Waals surface area (Å²) in [5.41, 5.74) is 0.216. The molecular formula is C16H30N2O3. The molecule has 1 fully saturated rings. The Morgan fingerprint density at radius 1 is 1.38 bits per heavy atom. The maximum absolute atomic E-state index is 12.2. The Kier molecular flexibility index (Phi) is 6.49. The maximum Gasteiger partial charge on any atom is 0.317 e. The van der Waals surface area contributed by atoms with Crippen LogP contribution >= 0.6 is 0 Å². The van der Waals surface area contributed by atoms with E-state index in [9.17, 15) is 9.59 Å².